The first-order valence-corrected chi connectivity index (χ1v) is 8.59. The molecular weight excluding hydrogens is 330 g/mol. The molecule has 0 spiro atoms. The lowest BCUT2D eigenvalue weighted by Crippen LogP contribution is -2.54. The van der Waals surface area contributed by atoms with E-state index in [1.54, 1.807) is 16.7 Å². The molecule has 24 heavy (non-hydrogen) atoms. The van der Waals surface area contributed by atoms with E-state index in [0.717, 1.165) is 5.56 Å². The SMILES string of the molecule is CCOC(=O)N1CCN(C(=O)NC(C)Cc2ccccc2Cl)CC1. The molecule has 0 bridgehead atoms. The summed E-state index contributed by atoms with van der Waals surface area (Å²) >= 11 is 6.15. The van der Waals surface area contributed by atoms with Crippen LogP contribution in [0, 0.1) is 0 Å². The summed E-state index contributed by atoms with van der Waals surface area (Å²) in [5.74, 6) is 0. The first-order chi connectivity index (χ1) is 11.5. The third-order valence-electron chi connectivity index (χ3n) is 3.95. The number of hydrogen-bond acceptors (Lipinski definition) is 3. The number of nitrogens with one attached hydrogen (secondary N) is 1. The van der Waals surface area contributed by atoms with Crippen molar-refractivity contribution in [2.75, 3.05) is 32.8 Å². The molecule has 7 heteroatoms. The van der Waals surface area contributed by atoms with E-state index in [2.05, 4.69) is 5.32 Å². The van der Waals surface area contributed by atoms with Crippen LogP contribution in [-0.2, 0) is 11.2 Å². The van der Waals surface area contributed by atoms with Crippen LogP contribution in [0.1, 0.15) is 19.4 Å². The van der Waals surface area contributed by atoms with Gasteiger partial charge in [-0.2, -0.15) is 0 Å². The standard InChI is InChI=1S/C17H24ClN3O3/c1-3-24-17(23)21-10-8-20(9-11-21)16(22)19-13(2)12-14-6-4-5-7-15(14)18/h4-7,13H,3,8-12H2,1-2H3,(H,19,22). The van der Waals surface area contributed by atoms with Crippen LogP contribution in [0.5, 0.6) is 0 Å². The second-order valence-corrected chi connectivity index (χ2v) is 6.23. The van der Waals surface area contributed by atoms with Crippen LogP contribution in [0.4, 0.5) is 9.59 Å². The van der Waals surface area contributed by atoms with Crippen LogP contribution in [0.3, 0.4) is 0 Å². The normalized spacial score (nSPS) is 15.8. The zero-order chi connectivity index (χ0) is 17.5. The highest BCUT2D eigenvalue weighted by molar-refractivity contribution is 6.31. The molecule has 1 saturated heterocycles. The number of carbonyl (C=O) groups is 2. The maximum atomic E-state index is 12.3. The van der Waals surface area contributed by atoms with Gasteiger partial charge in [-0.3, -0.25) is 0 Å². The maximum absolute atomic E-state index is 12.3. The molecule has 1 aliphatic rings. The number of benzene rings is 1. The minimum absolute atomic E-state index is 0.0273. The van der Waals surface area contributed by atoms with E-state index in [1.165, 1.54) is 0 Å². The number of halogens is 1. The van der Waals surface area contributed by atoms with Crippen LogP contribution >= 0.6 is 11.6 Å². The number of carbonyl (C=O) groups excluding carboxylic acids is 2. The van der Waals surface area contributed by atoms with Crippen molar-refractivity contribution in [3.8, 4) is 0 Å². The van der Waals surface area contributed by atoms with Crippen molar-refractivity contribution in [2.45, 2.75) is 26.3 Å². The van der Waals surface area contributed by atoms with Gasteiger partial charge in [0, 0.05) is 37.2 Å². The van der Waals surface area contributed by atoms with Gasteiger partial charge in [0.1, 0.15) is 0 Å². The second kappa shape index (κ2) is 8.78. The monoisotopic (exact) mass is 353 g/mol. The highest BCUT2D eigenvalue weighted by Crippen LogP contribution is 2.16. The highest BCUT2D eigenvalue weighted by atomic mass is 35.5. The summed E-state index contributed by atoms with van der Waals surface area (Å²) in [6.45, 7) is 6.08. The van der Waals surface area contributed by atoms with Crippen molar-refractivity contribution in [3.63, 3.8) is 0 Å². The number of nitrogens with zero attached hydrogens (tertiary/aromatic N) is 2. The van der Waals surface area contributed by atoms with Crippen LogP contribution in [-0.4, -0.2) is 60.8 Å². The molecule has 1 fully saturated rings. The fourth-order valence-electron chi connectivity index (χ4n) is 2.65. The molecule has 1 atom stereocenters. The third kappa shape index (κ3) is 5.03. The first-order valence-electron chi connectivity index (χ1n) is 8.21. The Labute approximate surface area is 147 Å². The van der Waals surface area contributed by atoms with E-state index in [0.29, 0.717) is 44.2 Å². The van der Waals surface area contributed by atoms with E-state index in [1.807, 2.05) is 31.2 Å². The van der Waals surface area contributed by atoms with Crippen molar-refractivity contribution in [1.82, 2.24) is 15.1 Å². The first kappa shape index (κ1) is 18.4. The van der Waals surface area contributed by atoms with Crippen LogP contribution in [0.25, 0.3) is 0 Å². The number of amides is 3. The molecular formula is C17H24ClN3O3. The number of rotatable bonds is 4. The minimum Gasteiger partial charge on any atom is -0.450 e. The fourth-order valence-corrected chi connectivity index (χ4v) is 2.87. The molecule has 1 N–H and O–H groups in total. The second-order valence-electron chi connectivity index (χ2n) is 5.82. The maximum Gasteiger partial charge on any atom is 0.409 e. The van der Waals surface area contributed by atoms with Gasteiger partial charge in [0.2, 0.25) is 0 Å². The lowest BCUT2D eigenvalue weighted by Gasteiger charge is -2.34. The number of ether oxygens (including phenoxy) is 1. The molecule has 0 aliphatic carbocycles. The molecule has 6 nitrogen and oxygen atoms in total. The average Bonchev–Trinajstić information content (AvgIpc) is 2.57. The molecule has 2 rings (SSSR count). The zero-order valence-electron chi connectivity index (χ0n) is 14.1. The lowest BCUT2D eigenvalue weighted by molar-refractivity contribution is 0.0848. The molecule has 1 heterocycles. The number of piperazine rings is 1. The Balaban J connectivity index is 1.79. The zero-order valence-corrected chi connectivity index (χ0v) is 14.9. The summed E-state index contributed by atoms with van der Waals surface area (Å²) in [7, 11) is 0. The van der Waals surface area contributed by atoms with Crippen LogP contribution in [0.2, 0.25) is 5.02 Å². The molecule has 1 aromatic carbocycles. The predicted molar refractivity (Wildman–Crippen MR) is 93.3 cm³/mol. The number of hydrogen-bond donors (Lipinski definition) is 1. The molecule has 0 radical (unpaired) electrons. The third-order valence-corrected chi connectivity index (χ3v) is 4.32. The van der Waals surface area contributed by atoms with E-state index >= 15 is 0 Å². The van der Waals surface area contributed by atoms with E-state index < -0.39 is 0 Å². The summed E-state index contributed by atoms with van der Waals surface area (Å²) in [6.07, 6.45) is 0.360. The van der Waals surface area contributed by atoms with Gasteiger partial charge in [-0.05, 0) is 31.9 Å². The summed E-state index contributed by atoms with van der Waals surface area (Å²) in [5.41, 5.74) is 1.01. The highest BCUT2D eigenvalue weighted by Gasteiger charge is 2.25. The Kier molecular flexibility index (Phi) is 6.73. The summed E-state index contributed by atoms with van der Waals surface area (Å²) < 4.78 is 4.97. The average molecular weight is 354 g/mol. The number of urea groups is 1. The smallest absolute Gasteiger partial charge is 0.409 e. The van der Waals surface area contributed by atoms with E-state index in [-0.39, 0.29) is 18.2 Å². The summed E-state index contributed by atoms with van der Waals surface area (Å²) in [4.78, 5) is 27.3. The van der Waals surface area contributed by atoms with Gasteiger partial charge >= 0.3 is 12.1 Å². The Bertz CT molecular complexity index is 574. The van der Waals surface area contributed by atoms with Gasteiger partial charge in [0.05, 0.1) is 6.61 Å². The van der Waals surface area contributed by atoms with Crippen molar-refractivity contribution in [2.24, 2.45) is 0 Å². The largest absolute Gasteiger partial charge is 0.450 e. The van der Waals surface area contributed by atoms with Gasteiger partial charge < -0.3 is 19.9 Å². The lowest BCUT2D eigenvalue weighted by atomic mass is 10.1. The van der Waals surface area contributed by atoms with E-state index in [4.69, 9.17) is 16.3 Å². The van der Waals surface area contributed by atoms with Gasteiger partial charge in [-0.1, -0.05) is 29.8 Å². The van der Waals surface area contributed by atoms with Crippen molar-refractivity contribution in [1.29, 1.82) is 0 Å². The molecule has 1 unspecified atom stereocenters. The van der Waals surface area contributed by atoms with Crippen molar-refractivity contribution >= 4 is 23.7 Å². The van der Waals surface area contributed by atoms with E-state index in [9.17, 15) is 9.59 Å². The van der Waals surface area contributed by atoms with Gasteiger partial charge in [0.15, 0.2) is 0 Å². The van der Waals surface area contributed by atoms with Crippen LogP contribution in [0.15, 0.2) is 24.3 Å². The van der Waals surface area contributed by atoms with Crippen molar-refractivity contribution < 1.29 is 14.3 Å². The Morgan fingerprint density at radius 1 is 1.21 bits per heavy atom. The Hall–Kier alpha value is -1.95. The van der Waals surface area contributed by atoms with Crippen molar-refractivity contribution in [3.05, 3.63) is 34.9 Å². The molecule has 0 aromatic heterocycles. The van der Waals surface area contributed by atoms with Gasteiger partial charge in [-0.15, -0.1) is 0 Å². The molecule has 132 valence electrons. The Morgan fingerprint density at radius 3 is 2.46 bits per heavy atom. The quantitative estimate of drug-likeness (QED) is 0.905. The minimum atomic E-state index is -0.315. The molecule has 3 amide bonds. The predicted octanol–water partition coefficient (Wildman–Crippen LogP) is 2.75. The van der Waals surface area contributed by atoms with Gasteiger partial charge in [-0.25, -0.2) is 9.59 Å². The molecule has 1 aliphatic heterocycles. The topological polar surface area (TPSA) is 61.9 Å². The molecule has 1 aromatic rings. The summed E-state index contributed by atoms with van der Waals surface area (Å²) in [6, 6.07) is 7.49. The van der Waals surface area contributed by atoms with Crippen LogP contribution < -0.4 is 5.32 Å². The Morgan fingerprint density at radius 2 is 1.83 bits per heavy atom. The fraction of sp³-hybridized carbons (Fsp3) is 0.529. The van der Waals surface area contributed by atoms with Gasteiger partial charge in [0.25, 0.3) is 0 Å². The molecule has 0 saturated carbocycles. The summed E-state index contributed by atoms with van der Waals surface area (Å²) in [5, 5.41) is 3.70.